The standard InChI is InChI=1S/C13H23NO7/c1-9(14-8-4-6-11(17)18)13(20)21-12(19)7-3-2-5-10(15)16/h9,11,14,17-18H,2-8H2,1H3,(H,15,16)/t9-/m0/s1. The molecule has 0 spiro atoms. The topological polar surface area (TPSA) is 133 Å². The van der Waals surface area contributed by atoms with Crippen LogP contribution in [-0.2, 0) is 19.1 Å². The Morgan fingerprint density at radius 3 is 2.29 bits per heavy atom. The maximum Gasteiger partial charge on any atom is 0.330 e. The van der Waals surface area contributed by atoms with Gasteiger partial charge in [-0.15, -0.1) is 0 Å². The first-order valence-corrected chi connectivity index (χ1v) is 6.88. The van der Waals surface area contributed by atoms with Crippen molar-refractivity contribution in [3.8, 4) is 0 Å². The van der Waals surface area contributed by atoms with E-state index in [0.29, 0.717) is 25.8 Å². The predicted molar refractivity (Wildman–Crippen MR) is 72.1 cm³/mol. The van der Waals surface area contributed by atoms with E-state index >= 15 is 0 Å². The van der Waals surface area contributed by atoms with Crippen molar-refractivity contribution in [2.24, 2.45) is 0 Å². The van der Waals surface area contributed by atoms with Crippen molar-refractivity contribution in [2.45, 2.75) is 57.8 Å². The quantitative estimate of drug-likeness (QED) is 0.178. The van der Waals surface area contributed by atoms with Crippen LogP contribution in [0.1, 0.15) is 45.4 Å². The summed E-state index contributed by atoms with van der Waals surface area (Å²) >= 11 is 0. The van der Waals surface area contributed by atoms with E-state index < -0.39 is 30.2 Å². The maximum absolute atomic E-state index is 11.5. The lowest BCUT2D eigenvalue weighted by molar-refractivity contribution is -0.161. The number of aliphatic hydroxyl groups excluding tert-OH is 1. The van der Waals surface area contributed by atoms with E-state index in [2.05, 4.69) is 10.1 Å². The van der Waals surface area contributed by atoms with Gasteiger partial charge in [-0.1, -0.05) is 0 Å². The van der Waals surface area contributed by atoms with Crippen LogP contribution in [0.25, 0.3) is 0 Å². The van der Waals surface area contributed by atoms with Gasteiger partial charge in [0.1, 0.15) is 6.04 Å². The van der Waals surface area contributed by atoms with Crippen LogP contribution in [0.5, 0.6) is 0 Å². The molecule has 0 fully saturated rings. The third-order valence-corrected chi connectivity index (χ3v) is 2.68. The molecule has 0 aliphatic rings. The highest BCUT2D eigenvalue weighted by molar-refractivity contribution is 5.88. The van der Waals surface area contributed by atoms with Gasteiger partial charge in [-0.25, -0.2) is 4.79 Å². The van der Waals surface area contributed by atoms with Gasteiger partial charge in [-0.05, 0) is 39.2 Å². The Bertz CT molecular complexity index is 343. The highest BCUT2D eigenvalue weighted by atomic mass is 16.6. The number of carbonyl (C=O) groups excluding carboxylic acids is 2. The van der Waals surface area contributed by atoms with Crippen LogP contribution in [0, 0.1) is 0 Å². The fraction of sp³-hybridized carbons (Fsp3) is 0.769. The van der Waals surface area contributed by atoms with Crippen molar-refractivity contribution in [1.82, 2.24) is 5.32 Å². The third kappa shape index (κ3) is 12.0. The second-order valence-electron chi connectivity index (χ2n) is 4.69. The van der Waals surface area contributed by atoms with Gasteiger partial charge in [0.2, 0.25) is 0 Å². The lowest BCUT2D eigenvalue weighted by Gasteiger charge is -2.12. The summed E-state index contributed by atoms with van der Waals surface area (Å²) in [7, 11) is 0. The van der Waals surface area contributed by atoms with Gasteiger partial charge in [0.25, 0.3) is 0 Å². The van der Waals surface area contributed by atoms with Crippen molar-refractivity contribution in [2.75, 3.05) is 6.54 Å². The Labute approximate surface area is 123 Å². The van der Waals surface area contributed by atoms with Crippen molar-refractivity contribution < 1.29 is 34.4 Å². The number of nitrogens with one attached hydrogen (secondary N) is 1. The van der Waals surface area contributed by atoms with Crippen LogP contribution >= 0.6 is 0 Å². The lowest BCUT2D eigenvalue weighted by atomic mass is 10.2. The van der Waals surface area contributed by atoms with Crippen LogP contribution in [0.4, 0.5) is 0 Å². The zero-order valence-electron chi connectivity index (χ0n) is 12.1. The molecule has 8 heteroatoms. The van der Waals surface area contributed by atoms with Gasteiger partial charge in [-0.2, -0.15) is 0 Å². The van der Waals surface area contributed by atoms with Crippen molar-refractivity contribution >= 4 is 17.9 Å². The minimum absolute atomic E-state index is 0.00243. The smallest absolute Gasteiger partial charge is 0.330 e. The zero-order valence-corrected chi connectivity index (χ0v) is 12.1. The molecule has 0 amide bonds. The minimum atomic E-state index is -1.37. The van der Waals surface area contributed by atoms with Gasteiger partial charge >= 0.3 is 17.9 Å². The summed E-state index contributed by atoms with van der Waals surface area (Å²) in [5.74, 6) is -2.31. The van der Waals surface area contributed by atoms with E-state index in [1.165, 1.54) is 6.92 Å². The molecule has 0 radical (unpaired) electrons. The van der Waals surface area contributed by atoms with Crippen LogP contribution in [0.2, 0.25) is 0 Å². The number of unbranched alkanes of at least 4 members (excludes halogenated alkanes) is 1. The molecule has 0 saturated carbocycles. The molecule has 0 heterocycles. The summed E-state index contributed by atoms with van der Waals surface area (Å²) < 4.78 is 4.61. The number of esters is 2. The Hall–Kier alpha value is -1.51. The average molecular weight is 305 g/mol. The van der Waals surface area contributed by atoms with Crippen LogP contribution < -0.4 is 5.32 Å². The zero-order chi connectivity index (χ0) is 16.3. The molecule has 0 aromatic carbocycles. The fourth-order valence-corrected chi connectivity index (χ4v) is 1.48. The van der Waals surface area contributed by atoms with Gasteiger partial charge in [0.15, 0.2) is 6.29 Å². The number of aliphatic hydroxyl groups is 2. The van der Waals surface area contributed by atoms with Crippen LogP contribution in [-0.4, -0.2) is 52.1 Å². The molecule has 1 atom stereocenters. The SMILES string of the molecule is C[C@H](NCCCC(O)O)C(=O)OC(=O)CCCCC(=O)O. The van der Waals surface area contributed by atoms with Gasteiger partial charge in [0, 0.05) is 12.8 Å². The summed E-state index contributed by atoms with van der Waals surface area (Å²) in [6, 6.07) is -0.677. The molecule has 4 N–H and O–H groups in total. The second-order valence-corrected chi connectivity index (χ2v) is 4.69. The lowest BCUT2D eigenvalue weighted by Crippen LogP contribution is -2.37. The average Bonchev–Trinajstić information content (AvgIpc) is 2.39. The molecule has 0 aromatic heterocycles. The molecular formula is C13H23NO7. The molecular weight excluding hydrogens is 282 g/mol. The number of carboxylic acids is 1. The number of hydrogen-bond donors (Lipinski definition) is 4. The van der Waals surface area contributed by atoms with Crippen LogP contribution in [0.3, 0.4) is 0 Å². The third-order valence-electron chi connectivity index (χ3n) is 2.68. The van der Waals surface area contributed by atoms with E-state index in [0.717, 1.165) is 0 Å². The Kier molecular flexibility index (Phi) is 10.4. The summed E-state index contributed by atoms with van der Waals surface area (Å²) in [6.07, 6.45) is -0.0140. The number of hydrogen-bond acceptors (Lipinski definition) is 7. The summed E-state index contributed by atoms with van der Waals surface area (Å²) in [5, 5.41) is 28.5. The van der Waals surface area contributed by atoms with Gasteiger partial charge in [-0.3, -0.25) is 9.59 Å². The first-order chi connectivity index (χ1) is 9.82. The Morgan fingerprint density at radius 2 is 1.71 bits per heavy atom. The normalized spacial score (nSPS) is 12.2. The van der Waals surface area contributed by atoms with Gasteiger partial charge in [0.05, 0.1) is 0 Å². The highest BCUT2D eigenvalue weighted by Gasteiger charge is 2.17. The molecule has 0 aromatic rings. The van der Waals surface area contributed by atoms with Gasteiger partial charge < -0.3 is 25.4 Å². The second kappa shape index (κ2) is 11.2. The van der Waals surface area contributed by atoms with Crippen molar-refractivity contribution in [1.29, 1.82) is 0 Å². The van der Waals surface area contributed by atoms with E-state index in [4.69, 9.17) is 15.3 Å². The van der Waals surface area contributed by atoms with E-state index in [1.54, 1.807) is 0 Å². The van der Waals surface area contributed by atoms with Crippen LogP contribution in [0.15, 0.2) is 0 Å². The van der Waals surface area contributed by atoms with Crippen molar-refractivity contribution in [3.63, 3.8) is 0 Å². The summed E-state index contributed by atoms with van der Waals surface area (Å²) in [6.45, 7) is 1.93. The Morgan fingerprint density at radius 1 is 1.10 bits per heavy atom. The first kappa shape index (κ1) is 19.5. The molecule has 0 unspecified atom stereocenters. The molecule has 0 bridgehead atoms. The van der Waals surface area contributed by atoms with E-state index in [9.17, 15) is 14.4 Å². The Balaban J connectivity index is 3.74. The fourth-order valence-electron chi connectivity index (χ4n) is 1.48. The molecule has 0 rings (SSSR count). The first-order valence-electron chi connectivity index (χ1n) is 6.88. The number of aliphatic carboxylic acids is 1. The predicted octanol–water partition coefficient (Wildman–Crippen LogP) is -0.230. The monoisotopic (exact) mass is 305 g/mol. The minimum Gasteiger partial charge on any atom is -0.481 e. The van der Waals surface area contributed by atoms with E-state index in [1.807, 2.05) is 0 Å². The summed E-state index contributed by atoms with van der Waals surface area (Å²) in [4.78, 5) is 33.1. The maximum atomic E-state index is 11.5. The number of rotatable bonds is 11. The highest BCUT2D eigenvalue weighted by Crippen LogP contribution is 2.02. The number of carbonyl (C=O) groups is 3. The largest absolute Gasteiger partial charge is 0.481 e. The van der Waals surface area contributed by atoms with E-state index in [-0.39, 0.29) is 19.3 Å². The van der Waals surface area contributed by atoms with Crippen molar-refractivity contribution in [3.05, 3.63) is 0 Å². The molecule has 0 aliphatic carbocycles. The summed E-state index contributed by atoms with van der Waals surface area (Å²) in [5.41, 5.74) is 0. The number of ether oxygens (including phenoxy) is 1. The molecule has 0 saturated heterocycles. The number of carboxylic acid groups (broad SMARTS) is 1. The molecule has 0 aliphatic heterocycles. The molecule has 8 nitrogen and oxygen atoms in total. The molecule has 122 valence electrons. The molecule has 21 heavy (non-hydrogen) atoms.